The Hall–Kier alpha value is -0.790. The Kier molecular flexibility index (Phi) is 3.50. The van der Waals surface area contributed by atoms with Crippen LogP contribution in [0.1, 0.15) is 66.2 Å². The lowest BCUT2D eigenvalue weighted by molar-refractivity contribution is -0.195. The van der Waals surface area contributed by atoms with E-state index in [0.29, 0.717) is 5.57 Å². The third kappa shape index (κ3) is 2.45. The Bertz CT molecular complexity index is 423. The van der Waals surface area contributed by atoms with Gasteiger partial charge < -0.3 is 4.74 Å². The lowest BCUT2D eigenvalue weighted by Crippen LogP contribution is -2.57. The molecule has 0 aromatic rings. The van der Waals surface area contributed by atoms with Crippen molar-refractivity contribution in [3.8, 4) is 0 Å². The van der Waals surface area contributed by atoms with Crippen LogP contribution < -0.4 is 0 Å². The quantitative estimate of drug-likeness (QED) is 0.552. The fourth-order valence-corrected chi connectivity index (χ4v) is 5.49. The first kappa shape index (κ1) is 15.1. The highest BCUT2D eigenvalue weighted by Crippen LogP contribution is 2.64. The Morgan fingerprint density at radius 2 is 1.52 bits per heavy atom. The molecule has 4 fully saturated rings. The summed E-state index contributed by atoms with van der Waals surface area (Å²) in [7, 11) is 0. The first-order valence-electron chi connectivity index (χ1n) is 8.64. The van der Waals surface area contributed by atoms with Crippen LogP contribution in [0.3, 0.4) is 0 Å². The van der Waals surface area contributed by atoms with Gasteiger partial charge in [0.05, 0.1) is 0 Å². The highest BCUT2D eigenvalue weighted by Gasteiger charge is 2.58. The van der Waals surface area contributed by atoms with E-state index in [-0.39, 0.29) is 22.9 Å². The summed E-state index contributed by atoms with van der Waals surface area (Å²) in [5.41, 5.74) is 0.458. The van der Waals surface area contributed by atoms with Crippen molar-refractivity contribution in [3.63, 3.8) is 0 Å². The fourth-order valence-electron chi connectivity index (χ4n) is 5.49. The maximum Gasteiger partial charge on any atom is 0.334 e. The first-order valence-corrected chi connectivity index (χ1v) is 8.64. The topological polar surface area (TPSA) is 26.3 Å². The van der Waals surface area contributed by atoms with E-state index in [1.165, 1.54) is 38.5 Å². The van der Waals surface area contributed by atoms with Crippen LogP contribution in [0.15, 0.2) is 12.2 Å². The van der Waals surface area contributed by atoms with Crippen molar-refractivity contribution in [1.82, 2.24) is 0 Å². The molecule has 0 N–H and O–H groups in total. The molecule has 4 rings (SSSR count). The summed E-state index contributed by atoms with van der Waals surface area (Å²) in [4.78, 5) is 12.4. The van der Waals surface area contributed by atoms with E-state index in [1.54, 1.807) is 0 Å². The van der Waals surface area contributed by atoms with E-state index in [4.69, 9.17) is 4.74 Å². The third-order valence-corrected chi connectivity index (χ3v) is 6.62. The number of hydrogen-bond acceptors (Lipinski definition) is 2. The van der Waals surface area contributed by atoms with Crippen LogP contribution in [0.25, 0.3) is 0 Å². The lowest BCUT2D eigenvalue weighted by atomic mass is 9.46. The minimum Gasteiger partial charge on any atom is -0.456 e. The molecule has 0 radical (unpaired) electrons. The zero-order valence-corrected chi connectivity index (χ0v) is 14.1. The number of ether oxygens (including phenoxy) is 1. The van der Waals surface area contributed by atoms with E-state index >= 15 is 0 Å². The molecule has 4 saturated carbocycles. The minimum absolute atomic E-state index is 0.157. The maximum atomic E-state index is 12.4. The van der Waals surface area contributed by atoms with E-state index in [0.717, 1.165) is 17.8 Å². The van der Waals surface area contributed by atoms with Crippen LogP contribution in [0.4, 0.5) is 0 Å². The largest absolute Gasteiger partial charge is 0.456 e. The predicted molar refractivity (Wildman–Crippen MR) is 84.8 cm³/mol. The molecule has 118 valence electrons. The summed E-state index contributed by atoms with van der Waals surface area (Å²) in [5, 5.41) is 0. The van der Waals surface area contributed by atoms with Crippen molar-refractivity contribution in [2.24, 2.45) is 29.1 Å². The molecule has 0 amide bonds. The van der Waals surface area contributed by atoms with Gasteiger partial charge in [-0.15, -0.1) is 0 Å². The minimum atomic E-state index is -0.363. The van der Waals surface area contributed by atoms with Crippen LogP contribution in [0.5, 0.6) is 0 Å². The van der Waals surface area contributed by atoms with Crippen LogP contribution in [-0.2, 0) is 9.53 Å². The molecule has 4 bridgehead atoms. The van der Waals surface area contributed by atoms with Gasteiger partial charge in [-0.1, -0.05) is 20.4 Å². The average Bonchev–Trinajstić information content (AvgIpc) is 2.35. The second kappa shape index (κ2) is 4.86. The zero-order chi connectivity index (χ0) is 15.4. The van der Waals surface area contributed by atoms with Gasteiger partial charge in [0, 0.05) is 11.0 Å². The number of rotatable bonds is 4. The van der Waals surface area contributed by atoms with Gasteiger partial charge in [-0.05, 0) is 76.0 Å². The number of carbonyl (C=O) groups excluding carboxylic acids is 1. The van der Waals surface area contributed by atoms with Crippen molar-refractivity contribution in [2.45, 2.75) is 71.8 Å². The Labute approximate surface area is 129 Å². The number of esters is 1. The van der Waals surface area contributed by atoms with Crippen LogP contribution in [0.2, 0.25) is 0 Å². The van der Waals surface area contributed by atoms with Gasteiger partial charge in [-0.25, -0.2) is 4.79 Å². The highest BCUT2D eigenvalue weighted by molar-refractivity contribution is 5.88. The van der Waals surface area contributed by atoms with Crippen molar-refractivity contribution < 1.29 is 9.53 Å². The summed E-state index contributed by atoms with van der Waals surface area (Å²) in [5.74, 6) is 2.60. The van der Waals surface area contributed by atoms with Gasteiger partial charge in [-0.2, -0.15) is 0 Å². The maximum absolute atomic E-state index is 12.4. The predicted octanol–water partition coefficient (Wildman–Crippen LogP) is 4.74. The molecule has 4 aliphatic rings. The van der Waals surface area contributed by atoms with Gasteiger partial charge in [0.15, 0.2) is 0 Å². The monoisotopic (exact) mass is 290 g/mol. The molecule has 2 heteroatoms. The van der Waals surface area contributed by atoms with Gasteiger partial charge in [0.1, 0.15) is 5.60 Å². The molecule has 4 aliphatic carbocycles. The SMILES string of the molecule is C=C(C(=O)OC(C)(C)C12CC3CC(CC(C3)C1)C2)C(C)C. The molecule has 0 saturated heterocycles. The molecule has 0 atom stereocenters. The second-order valence-electron chi connectivity index (χ2n) is 8.78. The van der Waals surface area contributed by atoms with Crippen molar-refractivity contribution in [2.75, 3.05) is 0 Å². The van der Waals surface area contributed by atoms with Crippen molar-refractivity contribution in [3.05, 3.63) is 12.2 Å². The summed E-state index contributed by atoms with van der Waals surface area (Å²) in [6, 6.07) is 0. The normalized spacial score (nSPS) is 37.9. The summed E-state index contributed by atoms with van der Waals surface area (Å²) < 4.78 is 6.01. The molecule has 0 unspecified atom stereocenters. The molecule has 0 aliphatic heterocycles. The number of hydrogen-bond donors (Lipinski definition) is 0. The molecule has 0 aromatic carbocycles. The molecule has 0 spiro atoms. The van der Waals surface area contributed by atoms with Crippen molar-refractivity contribution in [1.29, 1.82) is 0 Å². The molecular formula is C19H30O2. The van der Waals surface area contributed by atoms with E-state index in [9.17, 15) is 4.79 Å². The molecular weight excluding hydrogens is 260 g/mol. The van der Waals surface area contributed by atoms with Gasteiger partial charge >= 0.3 is 5.97 Å². The van der Waals surface area contributed by atoms with Gasteiger partial charge in [-0.3, -0.25) is 0 Å². The Morgan fingerprint density at radius 3 is 1.90 bits per heavy atom. The molecule has 21 heavy (non-hydrogen) atoms. The first-order chi connectivity index (χ1) is 9.72. The fraction of sp³-hybridized carbons (Fsp3) is 0.842. The summed E-state index contributed by atoms with van der Waals surface area (Å²) in [6.45, 7) is 12.2. The van der Waals surface area contributed by atoms with E-state index in [1.807, 2.05) is 13.8 Å². The third-order valence-electron chi connectivity index (χ3n) is 6.62. The van der Waals surface area contributed by atoms with E-state index < -0.39 is 0 Å². The van der Waals surface area contributed by atoms with Crippen LogP contribution in [0, 0.1) is 29.1 Å². The smallest absolute Gasteiger partial charge is 0.334 e. The van der Waals surface area contributed by atoms with Crippen molar-refractivity contribution >= 4 is 5.97 Å². The standard InChI is InChI=1S/C19H30O2/c1-12(2)13(3)17(20)21-18(4,5)19-9-14-6-15(10-19)8-16(7-14)11-19/h12,14-16H,3,6-11H2,1-2,4-5H3. The molecule has 2 nitrogen and oxygen atoms in total. The molecule has 0 aromatic heterocycles. The van der Waals surface area contributed by atoms with Crippen LogP contribution >= 0.6 is 0 Å². The summed E-state index contributed by atoms with van der Waals surface area (Å²) in [6.07, 6.45) is 8.03. The Morgan fingerprint density at radius 1 is 1.10 bits per heavy atom. The second-order valence-corrected chi connectivity index (χ2v) is 8.78. The summed E-state index contributed by atoms with van der Waals surface area (Å²) >= 11 is 0. The lowest BCUT2D eigenvalue weighted by Gasteiger charge is -2.61. The molecule has 0 heterocycles. The van der Waals surface area contributed by atoms with Crippen LogP contribution in [-0.4, -0.2) is 11.6 Å². The highest BCUT2D eigenvalue weighted by atomic mass is 16.6. The number of carbonyl (C=O) groups is 1. The van der Waals surface area contributed by atoms with Gasteiger partial charge in [0.2, 0.25) is 0 Å². The average molecular weight is 290 g/mol. The van der Waals surface area contributed by atoms with E-state index in [2.05, 4.69) is 20.4 Å². The zero-order valence-electron chi connectivity index (χ0n) is 14.1. The Balaban J connectivity index is 1.78. The van der Waals surface area contributed by atoms with Gasteiger partial charge in [0.25, 0.3) is 0 Å².